The molecule has 220 valence electrons. The van der Waals surface area contributed by atoms with Gasteiger partial charge in [0.25, 0.3) is 5.91 Å². The van der Waals surface area contributed by atoms with Crippen LogP contribution >= 0.6 is 11.3 Å². The van der Waals surface area contributed by atoms with Gasteiger partial charge in [0.15, 0.2) is 6.61 Å². The Morgan fingerprint density at radius 2 is 1.76 bits per heavy atom. The van der Waals surface area contributed by atoms with Crippen LogP contribution in [0.1, 0.15) is 29.1 Å². The van der Waals surface area contributed by atoms with Gasteiger partial charge in [-0.25, -0.2) is 4.98 Å². The number of rotatable bonds is 9. The molecule has 4 aromatic rings. The van der Waals surface area contributed by atoms with Crippen molar-refractivity contribution in [1.29, 1.82) is 0 Å². The summed E-state index contributed by atoms with van der Waals surface area (Å²) in [7, 11) is 2.04. The summed E-state index contributed by atoms with van der Waals surface area (Å²) in [6.07, 6.45) is -2.59. The number of hydrogen-bond acceptors (Lipinski definition) is 6. The number of nitrogens with zero attached hydrogens (tertiary/aromatic N) is 4. The van der Waals surface area contributed by atoms with Crippen molar-refractivity contribution in [3.8, 4) is 16.9 Å². The zero-order valence-corrected chi connectivity index (χ0v) is 24.4. The van der Waals surface area contributed by atoms with Crippen molar-refractivity contribution < 1.29 is 22.7 Å². The zero-order valence-electron chi connectivity index (χ0n) is 23.6. The lowest BCUT2D eigenvalue weighted by atomic mass is 10.0. The summed E-state index contributed by atoms with van der Waals surface area (Å²) in [5.74, 6) is 0.491. The van der Waals surface area contributed by atoms with Gasteiger partial charge in [-0.2, -0.15) is 13.2 Å². The maximum absolute atomic E-state index is 13.1. The van der Waals surface area contributed by atoms with Gasteiger partial charge in [-0.1, -0.05) is 42.5 Å². The van der Waals surface area contributed by atoms with E-state index in [9.17, 15) is 18.0 Å². The van der Waals surface area contributed by atoms with Gasteiger partial charge in [-0.3, -0.25) is 9.69 Å². The molecule has 1 unspecified atom stereocenters. The minimum atomic E-state index is -4.39. The standard InChI is InChI=1S/C32H33F3N4O2S/c1-23(31-36-13-18-42-31)37(2)21-26-19-25(24-7-4-3-5-8-24)11-12-29(26)41-22-30(40)39-16-14-38(15-17-39)28-10-6-9-27(20-28)32(33,34)35/h3-13,18-20,23H,14-17,21-22H2,1-2H3. The Morgan fingerprint density at radius 1 is 1.00 bits per heavy atom. The summed E-state index contributed by atoms with van der Waals surface area (Å²) in [5.41, 5.74) is 2.95. The van der Waals surface area contributed by atoms with E-state index in [-0.39, 0.29) is 18.6 Å². The molecule has 1 saturated heterocycles. The van der Waals surface area contributed by atoms with E-state index in [1.165, 1.54) is 6.07 Å². The van der Waals surface area contributed by atoms with Crippen molar-refractivity contribution in [3.05, 3.63) is 101 Å². The van der Waals surface area contributed by atoms with Gasteiger partial charge in [0, 0.05) is 55.6 Å². The molecule has 6 nitrogen and oxygen atoms in total. The molecule has 1 aliphatic heterocycles. The molecule has 1 fully saturated rings. The van der Waals surface area contributed by atoms with E-state index < -0.39 is 11.7 Å². The van der Waals surface area contributed by atoms with E-state index in [0.717, 1.165) is 33.8 Å². The molecule has 42 heavy (non-hydrogen) atoms. The van der Waals surface area contributed by atoms with E-state index in [2.05, 4.69) is 35.0 Å². The highest BCUT2D eigenvalue weighted by atomic mass is 32.1. The van der Waals surface area contributed by atoms with E-state index in [1.807, 2.05) is 47.7 Å². The number of carbonyl (C=O) groups is 1. The Balaban J connectivity index is 1.24. The molecule has 1 aromatic heterocycles. The number of thiazole rings is 1. The lowest BCUT2D eigenvalue weighted by Crippen LogP contribution is -2.50. The topological polar surface area (TPSA) is 48.9 Å². The predicted molar refractivity (Wildman–Crippen MR) is 160 cm³/mol. The number of benzene rings is 3. The Labute approximate surface area is 248 Å². The first-order valence-corrected chi connectivity index (χ1v) is 14.7. The molecule has 0 aliphatic carbocycles. The monoisotopic (exact) mass is 594 g/mol. The van der Waals surface area contributed by atoms with E-state index >= 15 is 0 Å². The zero-order chi connectivity index (χ0) is 29.7. The summed E-state index contributed by atoms with van der Waals surface area (Å²) in [6.45, 7) is 4.31. The van der Waals surface area contributed by atoms with Crippen LogP contribution in [0.25, 0.3) is 11.1 Å². The quantitative estimate of drug-likeness (QED) is 0.215. The van der Waals surface area contributed by atoms with Crippen LogP contribution in [0, 0.1) is 0 Å². The lowest BCUT2D eigenvalue weighted by molar-refractivity contribution is -0.137. The molecule has 0 spiro atoms. The van der Waals surface area contributed by atoms with Gasteiger partial charge < -0.3 is 14.5 Å². The van der Waals surface area contributed by atoms with E-state index in [0.29, 0.717) is 44.2 Å². The molecular weight excluding hydrogens is 561 g/mol. The van der Waals surface area contributed by atoms with Crippen LogP contribution in [0.3, 0.4) is 0 Å². The number of hydrogen-bond donors (Lipinski definition) is 0. The molecule has 0 N–H and O–H groups in total. The largest absolute Gasteiger partial charge is 0.483 e. The molecule has 2 heterocycles. The van der Waals surface area contributed by atoms with Gasteiger partial charge in [-0.15, -0.1) is 11.3 Å². The molecule has 0 saturated carbocycles. The fourth-order valence-corrected chi connectivity index (χ4v) is 5.77. The highest BCUT2D eigenvalue weighted by Crippen LogP contribution is 2.33. The fourth-order valence-electron chi connectivity index (χ4n) is 5.01. The van der Waals surface area contributed by atoms with Crippen molar-refractivity contribution in [2.45, 2.75) is 25.7 Å². The molecule has 3 aromatic carbocycles. The van der Waals surface area contributed by atoms with Crippen LogP contribution in [0.2, 0.25) is 0 Å². The third-order valence-corrected chi connectivity index (χ3v) is 8.53. The van der Waals surface area contributed by atoms with Crippen LogP contribution in [-0.2, 0) is 17.5 Å². The normalized spacial score (nSPS) is 14.7. The third kappa shape index (κ3) is 7.11. The highest BCUT2D eigenvalue weighted by Gasteiger charge is 2.31. The second-order valence-electron chi connectivity index (χ2n) is 10.4. The lowest BCUT2D eigenvalue weighted by Gasteiger charge is -2.36. The predicted octanol–water partition coefficient (Wildman–Crippen LogP) is 6.75. The number of ether oxygens (including phenoxy) is 1. The molecular formula is C32H33F3N4O2S. The third-order valence-electron chi connectivity index (χ3n) is 7.58. The average Bonchev–Trinajstić information content (AvgIpc) is 3.55. The number of aromatic nitrogens is 1. The number of carbonyl (C=O) groups excluding carboxylic acids is 1. The van der Waals surface area contributed by atoms with Crippen molar-refractivity contribution in [2.75, 3.05) is 44.7 Å². The smallest absolute Gasteiger partial charge is 0.416 e. The summed E-state index contributed by atoms with van der Waals surface area (Å²) in [6, 6.07) is 21.5. The molecule has 1 atom stereocenters. The first-order chi connectivity index (χ1) is 20.2. The van der Waals surface area contributed by atoms with Crippen LogP contribution in [0.5, 0.6) is 5.75 Å². The second-order valence-corrected chi connectivity index (χ2v) is 11.3. The number of anilines is 1. The minimum Gasteiger partial charge on any atom is -0.483 e. The van der Waals surface area contributed by atoms with Crippen molar-refractivity contribution in [2.24, 2.45) is 0 Å². The van der Waals surface area contributed by atoms with Gasteiger partial charge in [0.1, 0.15) is 10.8 Å². The summed E-state index contributed by atoms with van der Waals surface area (Å²) in [5, 5.41) is 2.99. The number of alkyl halides is 3. The van der Waals surface area contributed by atoms with Gasteiger partial charge in [0.05, 0.1) is 11.6 Å². The number of amides is 1. The minimum absolute atomic E-state index is 0.105. The first kappa shape index (κ1) is 29.6. The van der Waals surface area contributed by atoms with E-state index in [4.69, 9.17) is 4.74 Å². The number of piperazine rings is 1. The molecule has 1 aliphatic rings. The van der Waals surface area contributed by atoms with Crippen LogP contribution < -0.4 is 9.64 Å². The van der Waals surface area contributed by atoms with Crippen molar-refractivity contribution in [3.63, 3.8) is 0 Å². The van der Waals surface area contributed by atoms with Gasteiger partial charge in [0.2, 0.25) is 0 Å². The Morgan fingerprint density at radius 3 is 2.45 bits per heavy atom. The summed E-state index contributed by atoms with van der Waals surface area (Å²) in [4.78, 5) is 23.3. The Bertz CT molecular complexity index is 1470. The second kappa shape index (κ2) is 13.0. The summed E-state index contributed by atoms with van der Waals surface area (Å²) >= 11 is 1.62. The average molecular weight is 595 g/mol. The van der Waals surface area contributed by atoms with Crippen LogP contribution in [0.4, 0.5) is 18.9 Å². The molecule has 0 radical (unpaired) electrons. The van der Waals surface area contributed by atoms with Crippen LogP contribution in [-0.4, -0.2) is 60.5 Å². The number of halogens is 3. The van der Waals surface area contributed by atoms with Crippen LogP contribution in [0.15, 0.2) is 84.4 Å². The molecule has 0 bridgehead atoms. The van der Waals surface area contributed by atoms with E-state index in [1.54, 1.807) is 28.5 Å². The molecule has 10 heteroatoms. The summed E-state index contributed by atoms with van der Waals surface area (Å²) < 4.78 is 45.6. The maximum atomic E-state index is 13.1. The Hall–Kier alpha value is -3.89. The SMILES string of the molecule is CC(c1nccs1)N(C)Cc1cc(-c2ccccc2)ccc1OCC(=O)N1CCN(c2cccc(C(F)(F)F)c2)CC1. The first-order valence-electron chi connectivity index (χ1n) is 13.8. The fraction of sp³-hybridized carbons (Fsp3) is 0.312. The maximum Gasteiger partial charge on any atom is 0.416 e. The molecule has 5 rings (SSSR count). The van der Waals surface area contributed by atoms with Gasteiger partial charge in [-0.05, 0) is 55.4 Å². The highest BCUT2D eigenvalue weighted by molar-refractivity contribution is 7.09. The van der Waals surface area contributed by atoms with Crippen molar-refractivity contribution >= 4 is 22.9 Å². The van der Waals surface area contributed by atoms with Crippen molar-refractivity contribution in [1.82, 2.24) is 14.8 Å². The molecule has 1 amide bonds. The Kier molecular flexibility index (Phi) is 9.13. The van der Waals surface area contributed by atoms with Gasteiger partial charge >= 0.3 is 6.18 Å².